The van der Waals surface area contributed by atoms with E-state index in [0.29, 0.717) is 17.1 Å². The number of ketones is 1. The van der Waals surface area contributed by atoms with Crippen LogP contribution in [0.15, 0.2) is 66.7 Å². The maximum atomic E-state index is 12.8. The maximum absolute atomic E-state index is 12.8. The molecule has 27 heavy (non-hydrogen) atoms. The van der Waals surface area contributed by atoms with Crippen LogP contribution in [0.2, 0.25) is 0 Å². The van der Waals surface area contributed by atoms with Gasteiger partial charge in [0.25, 0.3) is 0 Å². The standard InChI is InChI=1S/C23H20O4/c1-25-22-12-17-16-10-6-7-11-20(16)27-21(18(17)13-23(22)26-2)14-19(24)15-8-4-3-5-9-15/h3-13,21H,14H2,1-2H3. The lowest BCUT2D eigenvalue weighted by Gasteiger charge is -2.29. The fourth-order valence-electron chi connectivity index (χ4n) is 3.46. The van der Waals surface area contributed by atoms with E-state index in [1.54, 1.807) is 14.2 Å². The third kappa shape index (κ3) is 3.14. The summed E-state index contributed by atoms with van der Waals surface area (Å²) in [6.45, 7) is 0. The molecule has 0 aromatic heterocycles. The first kappa shape index (κ1) is 17.2. The van der Waals surface area contributed by atoms with E-state index in [1.165, 1.54) is 0 Å². The number of rotatable bonds is 5. The second kappa shape index (κ2) is 7.16. The number of methoxy groups -OCH3 is 2. The Balaban J connectivity index is 1.78. The molecule has 4 heteroatoms. The zero-order chi connectivity index (χ0) is 18.8. The van der Waals surface area contributed by atoms with Crippen molar-refractivity contribution in [2.45, 2.75) is 12.5 Å². The Bertz CT molecular complexity index is 979. The van der Waals surface area contributed by atoms with Crippen LogP contribution in [0.25, 0.3) is 11.1 Å². The number of Topliss-reactive ketones (excluding diaryl/α,β-unsaturated/α-hetero) is 1. The summed E-state index contributed by atoms with van der Waals surface area (Å²) >= 11 is 0. The van der Waals surface area contributed by atoms with Crippen LogP contribution in [0.3, 0.4) is 0 Å². The molecule has 1 atom stereocenters. The van der Waals surface area contributed by atoms with Gasteiger partial charge >= 0.3 is 0 Å². The van der Waals surface area contributed by atoms with E-state index in [9.17, 15) is 4.79 Å². The van der Waals surface area contributed by atoms with E-state index in [1.807, 2.05) is 66.7 Å². The van der Waals surface area contributed by atoms with E-state index in [4.69, 9.17) is 14.2 Å². The molecule has 0 bridgehead atoms. The molecule has 1 aliphatic rings. The number of benzene rings is 3. The second-order valence-electron chi connectivity index (χ2n) is 6.39. The SMILES string of the molecule is COc1cc2c(cc1OC)C(CC(=O)c1ccccc1)Oc1ccccc1-2. The Kier molecular flexibility index (Phi) is 4.55. The van der Waals surface area contributed by atoms with Crippen molar-refractivity contribution in [1.29, 1.82) is 0 Å². The van der Waals surface area contributed by atoms with Crippen LogP contribution in [-0.4, -0.2) is 20.0 Å². The minimum absolute atomic E-state index is 0.0423. The molecular weight excluding hydrogens is 340 g/mol. The van der Waals surface area contributed by atoms with Gasteiger partial charge in [-0.3, -0.25) is 4.79 Å². The first-order valence-corrected chi connectivity index (χ1v) is 8.81. The van der Waals surface area contributed by atoms with Crippen molar-refractivity contribution in [2.75, 3.05) is 14.2 Å². The summed E-state index contributed by atoms with van der Waals surface area (Å²) < 4.78 is 17.1. The monoisotopic (exact) mass is 360 g/mol. The van der Waals surface area contributed by atoms with Gasteiger partial charge in [-0.1, -0.05) is 48.5 Å². The van der Waals surface area contributed by atoms with Crippen molar-refractivity contribution >= 4 is 5.78 Å². The van der Waals surface area contributed by atoms with Gasteiger partial charge in [0.05, 0.1) is 20.6 Å². The summed E-state index contributed by atoms with van der Waals surface area (Å²) in [5.41, 5.74) is 3.59. The highest BCUT2D eigenvalue weighted by atomic mass is 16.5. The number of carbonyl (C=O) groups excluding carboxylic acids is 1. The third-order valence-corrected chi connectivity index (χ3v) is 4.82. The van der Waals surface area contributed by atoms with Gasteiger partial charge in [-0.05, 0) is 23.8 Å². The van der Waals surface area contributed by atoms with Crippen molar-refractivity contribution in [3.63, 3.8) is 0 Å². The van der Waals surface area contributed by atoms with Crippen molar-refractivity contribution in [2.24, 2.45) is 0 Å². The molecule has 4 nitrogen and oxygen atoms in total. The molecule has 1 aliphatic heterocycles. The van der Waals surface area contributed by atoms with Gasteiger partial charge < -0.3 is 14.2 Å². The Labute approximate surface area is 158 Å². The number of fused-ring (bicyclic) bond motifs is 3. The summed E-state index contributed by atoms with van der Waals surface area (Å²) in [6.07, 6.45) is -0.136. The summed E-state index contributed by atoms with van der Waals surface area (Å²) in [4.78, 5) is 12.8. The summed E-state index contributed by atoms with van der Waals surface area (Å²) in [7, 11) is 3.22. The summed E-state index contributed by atoms with van der Waals surface area (Å²) in [5.74, 6) is 2.08. The molecule has 0 fully saturated rings. The van der Waals surface area contributed by atoms with Crippen LogP contribution in [0.4, 0.5) is 0 Å². The number of para-hydroxylation sites is 1. The van der Waals surface area contributed by atoms with Gasteiger partial charge in [0, 0.05) is 16.7 Å². The van der Waals surface area contributed by atoms with Crippen LogP contribution >= 0.6 is 0 Å². The number of hydrogen-bond acceptors (Lipinski definition) is 4. The van der Waals surface area contributed by atoms with Crippen molar-refractivity contribution in [1.82, 2.24) is 0 Å². The highest BCUT2D eigenvalue weighted by Crippen LogP contribution is 2.47. The van der Waals surface area contributed by atoms with Crippen LogP contribution in [-0.2, 0) is 0 Å². The number of hydrogen-bond donors (Lipinski definition) is 0. The van der Waals surface area contributed by atoms with E-state index >= 15 is 0 Å². The quantitative estimate of drug-likeness (QED) is 0.596. The largest absolute Gasteiger partial charge is 0.493 e. The molecule has 3 aromatic rings. The molecule has 0 radical (unpaired) electrons. The number of ether oxygens (including phenoxy) is 3. The lowest BCUT2D eigenvalue weighted by atomic mass is 9.89. The van der Waals surface area contributed by atoms with Crippen LogP contribution < -0.4 is 14.2 Å². The second-order valence-corrected chi connectivity index (χ2v) is 6.39. The summed E-state index contributed by atoms with van der Waals surface area (Å²) in [6, 6.07) is 21.0. The fourth-order valence-corrected chi connectivity index (χ4v) is 3.46. The van der Waals surface area contributed by atoms with Crippen molar-refractivity contribution < 1.29 is 19.0 Å². The van der Waals surface area contributed by atoms with E-state index in [2.05, 4.69) is 0 Å². The molecule has 136 valence electrons. The third-order valence-electron chi connectivity index (χ3n) is 4.82. The smallest absolute Gasteiger partial charge is 0.166 e. The minimum Gasteiger partial charge on any atom is -0.493 e. The van der Waals surface area contributed by atoms with Gasteiger partial charge in [0.1, 0.15) is 11.9 Å². The molecule has 3 aromatic carbocycles. The molecule has 0 amide bonds. The Hall–Kier alpha value is -3.27. The average Bonchev–Trinajstić information content (AvgIpc) is 2.73. The first-order valence-electron chi connectivity index (χ1n) is 8.81. The van der Waals surface area contributed by atoms with Crippen molar-refractivity contribution in [3.05, 3.63) is 77.9 Å². The Morgan fingerprint density at radius 2 is 1.56 bits per heavy atom. The van der Waals surface area contributed by atoms with Crippen LogP contribution in [0.1, 0.15) is 28.4 Å². The van der Waals surface area contributed by atoms with Gasteiger partial charge in [0.2, 0.25) is 0 Å². The number of carbonyl (C=O) groups is 1. The maximum Gasteiger partial charge on any atom is 0.166 e. The zero-order valence-electron chi connectivity index (χ0n) is 15.3. The molecule has 1 heterocycles. The van der Waals surface area contributed by atoms with Gasteiger partial charge in [-0.25, -0.2) is 0 Å². The van der Waals surface area contributed by atoms with Crippen LogP contribution in [0.5, 0.6) is 17.2 Å². The van der Waals surface area contributed by atoms with Crippen molar-refractivity contribution in [3.8, 4) is 28.4 Å². The minimum atomic E-state index is -0.387. The summed E-state index contributed by atoms with van der Waals surface area (Å²) in [5, 5.41) is 0. The first-order chi connectivity index (χ1) is 13.2. The van der Waals surface area contributed by atoms with E-state index in [0.717, 1.165) is 22.4 Å². The van der Waals surface area contributed by atoms with Crippen LogP contribution in [0, 0.1) is 0 Å². The fraction of sp³-hybridized carbons (Fsp3) is 0.174. The van der Waals surface area contributed by atoms with E-state index < -0.39 is 0 Å². The lowest BCUT2D eigenvalue weighted by Crippen LogP contribution is -2.18. The average molecular weight is 360 g/mol. The predicted octanol–water partition coefficient (Wildman–Crippen LogP) is 5.08. The molecule has 0 saturated carbocycles. The van der Waals surface area contributed by atoms with Gasteiger partial charge in [0.15, 0.2) is 17.3 Å². The molecule has 0 N–H and O–H groups in total. The zero-order valence-corrected chi connectivity index (χ0v) is 15.3. The highest BCUT2D eigenvalue weighted by Gasteiger charge is 2.30. The molecule has 0 saturated heterocycles. The molecule has 0 aliphatic carbocycles. The van der Waals surface area contributed by atoms with Gasteiger partial charge in [-0.15, -0.1) is 0 Å². The lowest BCUT2D eigenvalue weighted by molar-refractivity contribution is 0.0904. The molecule has 4 rings (SSSR count). The van der Waals surface area contributed by atoms with E-state index in [-0.39, 0.29) is 18.3 Å². The Morgan fingerprint density at radius 1 is 0.889 bits per heavy atom. The molecule has 1 unspecified atom stereocenters. The predicted molar refractivity (Wildman–Crippen MR) is 104 cm³/mol. The molecular formula is C23H20O4. The van der Waals surface area contributed by atoms with Gasteiger partial charge in [-0.2, -0.15) is 0 Å². The normalized spacial score (nSPS) is 14.5. The highest BCUT2D eigenvalue weighted by molar-refractivity contribution is 5.96. The topological polar surface area (TPSA) is 44.8 Å². The Morgan fingerprint density at radius 3 is 2.30 bits per heavy atom. The molecule has 0 spiro atoms.